The summed E-state index contributed by atoms with van der Waals surface area (Å²) in [5.41, 5.74) is -2.95. The summed E-state index contributed by atoms with van der Waals surface area (Å²) in [7, 11) is 0. The molecule has 4 aromatic carbocycles. The Hall–Kier alpha value is -4.41. The second kappa shape index (κ2) is 16.9. The van der Waals surface area contributed by atoms with Crippen LogP contribution in [0.15, 0.2) is 72.8 Å². The number of carbonyl (C=O) groups is 1. The van der Waals surface area contributed by atoms with E-state index in [2.05, 4.69) is 4.74 Å². The minimum atomic E-state index is -1.61. The zero-order chi connectivity index (χ0) is 39.1. The molecule has 0 saturated carbocycles. The molecule has 0 spiro atoms. The molecule has 52 heavy (non-hydrogen) atoms. The first-order valence-corrected chi connectivity index (χ1v) is 15.4. The molecule has 4 aromatic rings. The van der Waals surface area contributed by atoms with Crippen LogP contribution in [0.3, 0.4) is 0 Å². The van der Waals surface area contributed by atoms with E-state index in [4.69, 9.17) is 14.6 Å². The highest BCUT2D eigenvalue weighted by Crippen LogP contribution is 2.39. The van der Waals surface area contributed by atoms with E-state index in [1.807, 2.05) is 0 Å². The Morgan fingerprint density at radius 1 is 0.635 bits per heavy atom. The fourth-order valence-electron chi connectivity index (χ4n) is 4.37. The van der Waals surface area contributed by atoms with Crippen LogP contribution in [0.4, 0.5) is 35.1 Å². The SMILES string of the molecule is CC1(c2cc(F)cc(F)c2)CO1.C[C@](O)(CO)c1cc(F)cc(F)c1.C[C@](O)(COC=O)c1cc(F)cc(F)c1.C[C@]1(c2cc(F)cc(F)c2)CO1.[2HH].[HH]. The molecule has 2 aliphatic heterocycles. The number of benzene rings is 4. The minimum absolute atomic E-state index is 0. The quantitative estimate of drug-likeness (QED) is 0.0977. The molecule has 7 nitrogen and oxygen atoms in total. The third-order valence-electron chi connectivity index (χ3n) is 7.81. The summed E-state index contributed by atoms with van der Waals surface area (Å²) in [6.07, 6.45) is 0. The average molecular weight is 750 g/mol. The summed E-state index contributed by atoms with van der Waals surface area (Å²) in [5, 5.41) is 27.9. The van der Waals surface area contributed by atoms with Crippen LogP contribution in [-0.4, -0.2) is 48.2 Å². The van der Waals surface area contributed by atoms with Gasteiger partial charge >= 0.3 is 0 Å². The first-order valence-electron chi connectivity index (χ1n) is 15.4. The Kier molecular flexibility index (Phi) is 13.7. The Labute approximate surface area is 297 Å². The maximum atomic E-state index is 12.8. The normalized spacial score (nSPS) is 20.6. The highest BCUT2D eigenvalue weighted by Gasteiger charge is 2.42. The number of carbonyl (C=O) groups excluding carboxylic acids is 1. The maximum Gasteiger partial charge on any atom is 0.293 e. The van der Waals surface area contributed by atoms with Gasteiger partial charge in [-0.15, -0.1) is 0 Å². The second-order valence-electron chi connectivity index (χ2n) is 12.8. The summed E-state index contributed by atoms with van der Waals surface area (Å²) in [4.78, 5) is 9.94. The highest BCUT2D eigenvalue weighted by atomic mass is 19.2. The van der Waals surface area contributed by atoms with Gasteiger partial charge in [0.25, 0.3) is 6.47 Å². The Bertz CT molecular complexity index is 1710. The van der Waals surface area contributed by atoms with Gasteiger partial charge in [-0.3, -0.25) is 4.79 Å². The summed E-state index contributed by atoms with van der Waals surface area (Å²) >= 11 is 0. The standard InChI is InChI=1S/C10H10F2O3.C9H10F2O2.2C9H8F2O.2H2/c1-10(14,5-15-6-13)7-2-8(11)4-9(12)3-7;1-9(13,5-12)6-2-7(10)4-8(11)3-6;2*1-9(5-12-9)6-2-7(10)4-8(11)3-6;;/h2-4,6,14H,5H2,1H3;2-4,12-13H,5H2,1H3;2*2-4H,5H2,1H3;2*1H/t10-;2*9-;;;/m001.../s1/i;;;;1+1;. The lowest BCUT2D eigenvalue weighted by molar-refractivity contribution is -0.136. The predicted octanol–water partition coefficient (Wildman–Crippen LogP) is 7.42. The van der Waals surface area contributed by atoms with Crippen molar-refractivity contribution in [3.05, 3.63) is 142 Å². The number of aliphatic hydroxyl groups excluding tert-OH is 1. The molecule has 0 amide bonds. The van der Waals surface area contributed by atoms with E-state index < -0.39 is 75.5 Å². The molecule has 286 valence electrons. The molecular weight excluding hydrogens is 708 g/mol. The van der Waals surface area contributed by atoms with Gasteiger partial charge in [0.2, 0.25) is 0 Å². The first kappa shape index (κ1) is 42.0. The Balaban J connectivity index is 0.000000357. The van der Waals surface area contributed by atoms with Crippen molar-refractivity contribution >= 4 is 6.47 Å². The van der Waals surface area contributed by atoms with Crippen molar-refractivity contribution in [2.75, 3.05) is 26.4 Å². The Morgan fingerprint density at radius 2 is 0.904 bits per heavy atom. The highest BCUT2D eigenvalue weighted by molar-refractivity contribution is 5.37. The van der Waals surface area contributed by atoms with Crippen LogP contribution < -0.4 is 0 Å². The van der Waals surface area contributed by atoms with E-state index in [0.29, 0.717) is 36.5 Å². The van der Waals surface area contributed by atoms with Crippen molar-refractivity contribution in [2.45, 2.75) is 50.1 Å². The molecule has 2 saturated heterocycles. The number of ether oxygens (including phenoxy) is 3. The van der Waals surface area contributed by atoms with Crippen LogP contribution >= 0.6 is 0 Å². The molecule has 4 atom stereocenters. The first-order chi connectivity index (χ1) is 24.1. The molecule has 2 fully saturated rings. The second-order valence-corrected chi connectivity index (χ2v) is 12.8. The molecule has 0 aromatic heterocycles. The van der Waals surface area contributed by atoms with Gasteiger partial charge in [0.05, 0.1) is 19.8 Å². The lowest BCUT2D eigenvalue weighted by atomic mass is 9.97. The van der Waals surface area contributed by atoms with Crippen molar-refractivity contribution in [3.8, 4) is 0 Å². The zero-order valence-electron chi connectivity index (χ0n) is 28.3. The predicted molar refractivity (Wildman–Crippen MR) is 175 cm³/mol. The van der Waals surface area contributed by atoms with Gasteiger partial charge in [0.15, 0.2) is 0 Å². The van der Waals surface area contributed by atoms with E-state index >= 15 is 0 Å². The lowest BCUT2D eigenvalue weighted by Crippen LogP contribution is -2.27. The Morgan fingerprint density at radius 3 is 1.15 bits per heavy atom. The van der Waals surface area contributed by atoms with Gasteiger partial charge in [0.1, 0.15) is 75.5 Å². The average Bonchev–Trinajstić information content (AvgIpc) is 3.97. The number of hydrogen-bond donors (Lipinski definition) is 3. The number of aliphatic hydroxyl groups is 3. The van der Waals surface area contributed by atoms with Crippen molar-refractivity contribution in [1.82, 2.24) is 0 Å². The molecule has 2 aliphatic rings. The topological polar surface area (TPSA) is 112 Å². The smallest absolute Gasteiger partial charge is 0.293 e. The molecule has 0 bridgehead atoms. The molecule has 15 heteroatoms. The summed E-state index contributed by atoms with van der Waals surface area (Å²) in [6.45, 7) is 6.47. The van der Waals surface area contributed by atoms with Crippen LogP contribution in [0.2, 0.25) is 0 Å². The number of halogens is 8. The number of rotatable bonds is 8. The number of epoxide rings is 2. The molecule has 6 rings (SSSR count). The zero-order valence-corrected chi connectivity index (χ0v) is 28.3. The number of hydrogen-bond acceptors (Lipinski definition) is 7. The fraction of sp³-hybridized carbons (Fsp3) is 0.324. The summed E-state index contributed by atoms with van der Waals surface area (Å²) in [6, 6.07) is 12.3. The summed E-state index contributed by atoms with van der Waals surface area (Å²) in [5.74, 6) is -5.35. The summed E-state index contributed by atoms with van der Waals surface area (Å²) < 4.78 is 116. The molecule has 2 heterocycles. The largest absolute Gasteiger partial charge is 0.464 e. The van der Waals surface area contributed by atoms with Crippen LogP contribution in [0, 0.1) is 46.5 Å². The maximum absolute atomic E-state index is 12.8. The fourth-order valence-corrected chi connectivity index (χ4v) is 4.37. The van der Waals surface area contributed by atoms with Crippen LogP contribution in [-0.2, 0) is 41.4 Å². The molecule has 1 unspecified atom stereocenters. The van der Waals surface area contributed by atoms with Gasteiger partial charge in [0, 0.05) is 27.1 Å². The van der Waals surface area contributed by atoms with Crippen LogP contribution in [0.5, 0.6) is 0 Å². The monoisotopic (exact) mass is 749 g/mol. The van der Waals surface area contributed by atoms with Crippen LogP contribution in [0.25, 0.3) is 0 Å². The third-order valence-corrected chi connectivity index (χ3v) is 7.81. The van der Waals surface area contributed by atoms with Gasteiger partial charge in [-0.2, -0.15) is 0 Å². The van der Waals surface area contributed by atoms with Gasteiger partial charge in [-0.25, -0.2) is 35.1 Å². The van der Waals surface area contributed by atoms with Crippen molar-refractivity contribution in [1.29, 1.82) is 0 Å². The van der Waals surface area contributed by atoms with Crippen molar-refractivity contribution in [2.24, 2.45) is 0 Å². The minimum Gasteiger partial charge on any atom is -0.464 e. The van der Waals surface area contributed by atoms with E-state index in [0.717, 1.165) is 36.4 Å². The third kappa shape index (κ3) is 12.4. The van der Waals surface area contributed by atoms with E-state index in [1.54, 1.807) is 13.8 Å². The molecule has 0 aliphatic carbocycles. The molecule has 3 N–H and O–H groups in total. The van der Waals surface area contributed by atoms with Crippen LogP contribution in [0.1, 0.15) is 52.8 Å². The van der Waals surface area contributed by atoms with Gasteiger partial charge in [-0.1, -0.05) is 0 Å². The van der Waals surface area contributed by atoms with E-state index in [1.165, 1.54) is 38.1 Å². The molecule has 0 radical (unpaired) electrons. The van der Waals surface area contributed by atoms with Crippen molar-refractivity contribution < 1.29 is 72.3 Å². The lowest BCUT2D eigenvalue weighted by Gasteiger charge is -2.22. The van der Waals surface area contributed by atoms with Gasteiger partial charge < -0.3 is 29.5 Å². The van der Waals surface area contributed by atoms with Crippen molar-refractivity contribution in [3.63, 3.8) is 0 Å². The van der Waals surface area contributed by atoms with E-state index in [-0.39, 0.29) is 27.1 Å². The molecular formula is C37H40F8O7. The van der Waals surface area contributed by atoms with E-state index in [9.17, 15) is 50.1 Å². The van der Waals surface area contributed by atoms with Gasteiger partial charge in [-0.05, 0) is 98.5 Å².